The van der Waals surface area contributed by atoms with Crippen molar-refractivity contribution in [1.29, 1.82) is 0 Å². The molecular weight excluding hydrogens is 576 g/mol. The third kappa shape index (κ3) is 4.25. The summed E-state index contributed by atoms with van der Waals surface area (Å²) in [6.45, 7) is 2.28. The topological polar surface area (TPSA) is 46.6 Å². The Morgan fingerprint density at radius 2 is 1.85 bits per heavy atom. The van der Waals surface area contributed by atoms with Crippen molar-refractivity contribution in [2.75, 3.05) is 7.11 Å². The minimum absolute atomic E-state index is 0.249. The van der Waals surface area contributed by atoms with Crippen LogP contribution in [0.4, 0.5) is 4.79 Å². The summed E-state index contributed by atoms with van der Waals surface area (Å²) in [5.74, 6) is 0.438. The van der Waals surface area contributed by atoms with Gasteiger partial charge in [-0.25, -0.2) is 0 Å². The van der Waals surface area contributed by atoms with Crippen molar-refractivity contribution < 1.29 is 14.3 Å². The number of methoxy groups -OCH3 is 1. The second-order valence-electron chi connectivity index (χ2n) is 5.76. The Morgan fingerprint density at radius 1 is 1.15 bits per heavy atom. The van der Waals surface area contributed by atoms with Crippen LogP contribution in [-0.4, -0.2) is 23.2 Å². The minimum Gasteiger partial charge on any atom is -0.495 e. The summed E-state index contributed by atoms with van der Waals surface area (Å²) in [4.78, 5) is 26.8. The van der Waals surface area contributed by atoms with Crippen LogP contribution in [0.15, 0.2) is 41.3 Å². The Balaban J connectivity index is 1.89. The first kappa shape index (κ1) is 19.7. The van der Waals surface area contributed by atoms with Gasteiger partial charge >= 0.3 is 0 Å². The highest BCUT2D eigenvalue weighted by atomic mass is 127. The van der Waals surface area contributed by atoms with E-state index < -0.39 is 0 Å². The van der Waals surface area contributed by atoms with Crippen molar-refractivity contribution in [1.82, 2.24) is 4.90 Å². The number of thioether (sulfide) groups is 1. The van der Waals surface area contributed by atoms with Crippen LogP contribution in [0.25, 0.3) is 6.08 Å². The van der Waals surface area contributed by atoms with Crippen LogP contribution in [0.2, 0.25) is 0 Å². The summed E-state index contributed by atoms with van der Waals surface area (Å²) >= 11 is 5.39. The van der Waals surface area contributed by atoms with Gasteiger partial charge in [-0.3, -0.25) is 14.5 Å². The lowest BCUT2D eigenvalue weighted by atomic mass is 10.1. The molecule has 0 N–H and O–H groups in total. The van der Waals surface area contributed by atoms with Gasteiger partial charge in [0.15, 0.2) is 0 Å². The summed E-state index contributed by atoms with van der Waals surface area (Å²) in [6, 6.07) is 11.8. The fourth-order valence-corrected chi connectivity index (χ4v) is 5.50. The predicted molar refractivity (Wildman–Crippen MR) is 121 cm³/mol. The number of ether oxygens (including phenoxy) is 1. The van der Waals surface area contributed by atoms with Crippen LogP contribution >= 0.6 is 56.9 Å². The van der Waals surface area contributed by atoms with Crippen molar-refractivity contribution in [3.8, 4) is 5.75 Å². The molecule has 2 amide bonds. The molecule has 4 nitrogen and oxygen atoms in total. The number of hydrogen-bond acceptors (Lipinski definition) is 4. The van der Waals surface area contributed by atoms with E-state index >= 15 is 0 Å². The molecule has 134 valence electrons. The lowest BCUT2D eigenvalue weighted by Crippen LogP contribution is -2.27. The molecule has 1 aliphatic heterocycles. The highest BCUT2D eigenvalue weighted by Crippen LogP contribution is 2.36. The van der Waals surface area contributed by atoms with Crippen LogP contribution in [0.5, 0.6) is 5.75 Å². The average molecular weight is 591 g/mol. The number of imide groups is 1. The maximum atomic E-state index is 12.7. The number of amides is 2. The number of rotatable bonds is 4. The van der Waals surface area contributed by atoms with Crippen molar-refractivity contribution in [2.24, 2.45) is 0 Å². The Kier molecular flexibility index (Phi) is 6.29. The van der Waals surface area contributed by atoms with Gasteiger partial charge < -0.3 is 4.74 Å². The molecule has 2 aromatic carbocycles. The first-order valence-corrected chi connectivity index (χ1v) is 10.7. The maximum absolute atomic E-state index is 12.7. The standard InChI is InChI=1S/C19H15I2NO3S/c1-11-3-5-12(6-4-11)10-22-18(23)16(26-19(22)24)8-13-7-14(20)9-15(21)17(13)25-2/h3-9H,10H2,1-2H3/b16-8-. The number of nitrogens with zero attached hydrogens (tertiary/aromatic N) is 1. The van der Waals surface area contributed by atoms with Gasteiger partial charge in [-0.1, -0.05) is 29.8 Å². The molecule has 0 spiro atoms. The summed E-state index contributed by atoms with van der Waals surface area (Å²) in [5.41, 5.74) is 2.87. The van der Waals surface area contributed by atoms with Gasteiger partial charge in [0, 0.05) is 9.13 Å². The molecule has 0 atom stereocenters. The zero-order valence-corrected chi connectivity index (χ0v) is 19.2. The molecule has 1 heterocycles. The van der Waals surface area contributed by atoms with Gasteiger partial charge in [0.1, 0.15) is 5.75 Å². The predicted octanol–water partition coefficient (Wildman–Crippen LogP) is 5.45. The quantitative estimate of drug-likeness (QED) is 0.351. The summed E-state index contributed by atoms with van der Waals surface area (Å²) in [5, 5.41) is -0.249. The summed E-state index contributed by atoms with van der Waals surface area (Å²) < 4.78 is 7.46. The molecule has 0 radical (unpaired) electrons. The lowest BCUT2D eigenvalue weighted by molar-refractivity contribution is -0.123. The number of aryl methyl sites for hydroxylation is 1. The number of carbonyl (C=O) groups is 2. The van der Waals surface area contributed by atoms with E-state index in [4.69, 9.17) is 4.74 Å². The van der Waals surface area contributed by atoms with Gasteiger partial charge in [0.2, 0.25) is 0 Å². The molecule has 3 rings (SSSR count). The Labute approximate surface area is 183 Å². The van der Waals surface area contributed by atoms with Gasteiger partial charge in [0.05, 0.1) is 22.1 Å². The van der Waals surface area contributed by atoms with E-state index in [2.05, 4.69) is 45.2 Å². The van der Waals surface area contributed by atoms with E-state index in [1.807, 2.05) is 43.3 Å². The molecule has 0 aliphatic carbocycles. The molecule has 0 bridgehead atoms. The van der Waals surface area contributed by atoms with Crippen molar-refractivity contribution in [3.63, 3.8) is 0 Å². The van der Waals surface area contributed by atoms with Gasteiger partial charge in [-0.15, -0.1) is 0 Å². The molecule has 2 aromatic rings. The second kappa shape index (κ2) is 8.30. The van der Waals surface area contributed by atoms with E-state index in [0.717, 1.165) is 35.6 Å². The first-order valence-electron chi connectivity index (χ1n) is 7.73. The molecule has 1 aliphatic rings. The van der Waals surface area contributed by atoms with Crippen LogP contribution in [-0.2, 0) is 11.3 Å². The largest absolute Gasteiger partial charge is 0.495 e. The van der Waals surface area contributed by atoms with Crippen molar-refractivity contribution >= 4 is 74.2 Å². The normalized spacial score (nSPS) is 15.8. The highest BCUT2D eigenvalue weighted by Gasteiger charge is 2.35. The number of carbonyl (C=O) groups excluding carboxylic acids is 2. The third-order valence-corrected chi connectivity index (χ3v) is 6.19. The molecular formula is C19H15I2NO3S. The van der Waals surface area contributed by atoms with Crippen LogP contribution in [0.1, 0.15) is 16.7 Å². The highest BCUT2D eigenvalue weighted by molar-refractivity contribution is 14.1. The van der Waals surface area contributed by atoms with Crippen LogP contribution < -0.4 is 4.74 Å². The van der Waals surface area contributed by atoms with Crippen LogP contribution in [0.3, 0.4) is 0 Å². The third-order valence-electron chi connectivity index (χ3n) is 3.86. The van der Waals surface area contributed by atoms with E-state index in [0.29, 0.717) is 10.7 Å². The second-order valence-corrected chi connectivity index (χ2v) is 9.16. The van der Waals surface area contributed by atoms with Crippen molar-refractivity contribution in [3.05, 3.63) is 65.1 Å². The Bertz CT molecular complexity index is 910. The fourth-order valence-electron chi connectivity index (χ4n) is 2.56. The molecule has 0 unspecified atom stereocenters. The number of benzene rings is 2. The zero-order chi connectivity index (χ0) is 18.8. The van der Waals surface area contributed by atoms with Gasteiger partial charge in [0.25, 0.3) is 11.1 Å². The first-order chi connectivity index (χ1) is 12.4. The smallest absolute Gasteiger partial charge is 0.293 e. The maximum Gasteiger partial charge on any atom is 0.293 e. The molecule has 1 fully saturated rings. The van der Waals surface area contributed by atoms with Crippen molar-refractivity contribution in [2.45, 2.75) is 13.5 Å². The lowest BCUT2D eigenvalue weighted by Gasteiger charge is -2.12. The summed E-state index contributed by atoms with van der Waals surface area (Å²) in [6.07, 6.45) is 1.74. The SMILES string of the molecule is COc1c(I)cc(I)cc1/C=C1\SC(=O)N(Cc2ccc(C)cc2)C1=O. The van der Waals surface area contributed by atoms with E-state index in [1.165, 1.54) is 4.90 Å². The monoisotopic (exact) mass is 591 g/mol. The van der Waals surface area contributed by atoms with E-state index in [9.17, 15) is 9.59 Å². The minimum atomic E-state index is -0.267. The van der Waals surface area contributed by atoms with E-state index in [1.54, 1.807) is 13.2 Å². The zero-order valence-electron chi connectivity index (χ0n) is 14.1. The van der Waals surface area contributed by atoms with Gasteiger partial charge in [-0.05, 0) is 87.6 Å². The average Bonchev–Trinajstić information content (AvgIpc) is 2.84. The Morgan fingerprint density at radius 3 is 2.50 bits per heavy atom. The van der Waals surface area contributed by atoms with Gasteiger partial charge in [-0.2, -0.15) is 0 Å². The number of hydrogen-bond donors (Lipinski definition) is 0. The molecule has 26 heavy (non-hydrogen) atoms. The Hall–Kier alpha value is -1.07. The molecule has 1 saturated heterocycles. The fraction of sp³-hybridized carbons (Fsp3) is 0.158. The van der Waals surface area contributed by atoms with E-state index in [-0.39, 0.29) is 17.7 Å². The summed E-state index contributed by atoms with van der Waals surface area (Å²) in [7, 11) is 1.60. The molecule has 0 aromatic heterocycles. The molecule has 7 heteroatoms. The molecule has 0 saturated carbocycles. The van der Waals surface area contributed by atoms with Crippen LogP contribution in [0, 0.1) is 14.1 Å². The number of halogens is 2.